The zero-order valence-corrected chi connectivity index (χ0v) is 15.5. The first-order chi connectivity index (χ1) is 12.6. The van der Waals surface area contributed by atoms with Gasteiger partial charge in [-0.1, -0.05) is 12.1 Å². The van der Waals surface area contributed by atoms with E-state index in [0.29, 0.717) is 10.6 Å². The Bertz CT molecular complexity index is 937. The van der Waals surface area contributed by atoms with E-state index in [9.17, 15) is 4.39 Å². The van der Waals surface area contributed by atoms with Crippen molar-refractivity contribution < 1.29 is 4.39 Å². The Labute approximate surface area is 156 Å². The Morgan fingerprint density at radius 3 is 2.38 bits per heavy atom. The molecule has 0 aliphatic carbocycles. The first-order valence-electron chi connectivity index (χ1n) is 8.45. The summed E-state index contributed by atoms with van der Waals surface area (Å²) in [7, 11) is 0. The van der Waals surface area contributed by atoms with Crippen LogP contribution in [0.25, 0.3) is 11.4 Å². The summed E-state index contributed by atoms with van der Waals surface area (Å²) in [6.07, 6.45) is 1.73. The Kier molecular flexibility index (Phi) is 5.58. The van der Waals surface area contributed by atoms with Crippen LogP contribution in [0.1, 0.15) is 19.4 Å². The second-order valence-corrected chi connectivity index (χ2v) is 6.07. The van der Waals surface area contributed by atoms with Gasteiger partial charge in [0.05, 0.1) is 6.21 Å². The molecule has 0 saturated carbocycles. The van der Waals surface area contributed by atoms with Gasteiger partial charge in [-0.3, -0.25) is 0 Å². The van der Waals surface area contributed by atoms with Crippen LogP contribution in [0.2, 0.25) is 0 Å². The molecule has 0 unspecified atom stereocenters. The number of hydrogen-bond acceptors (Lipinski definition) is 4. The standard InChI is InChI=1S/C19H20FN5S/c1-3-24(4-2)17-11-5-14(6-12-17)13-21-25-18(22-23-19(25)26)15-7-9-16(20)10-8-15/h5-13H,3-4H2,1-2H3,(H,23,26). The number of H-pyrrole nitrogens is 1. The average molecular weight is 369 g/mol. The van der Waals surface area contributed by atoms with Crippen LogP contribution in [0.4, 0.5) is 10.1 Å². The maximum atomic E-state index is 13.1. The molecule has 0 saturated heterocycles. The van der Waals surface area contributed by atoms with Crippen molar-refractivity contribution >= 4 is 24.1 Å². The van der Waals surface area contributed by atoms with E-state index >= 15 is 0 Å². The lowest BCUT2D eigenvalue weighted by atomic mass is 10.2. The van der Waals surface area contributed by atoms with Gasteiger partial charge in [0, 0.05) is 24.3 Å². The topological polar surface area (TPSA) is 49.2 Å². The molecule has 5 nitrogen and oxygen atoms in total. The Balaban J connectivity index is 1.86. The van der Waals surface area contributed by atoms with E-state index < -0.39 is 0 Å². The first-order valence-corrected chi connectivity index (χ1v) is 8.86. The predicted octanol–water partition coefficient (Wildman–Crippen LogP) is 4.48. The lowest BCUT2D eigenvalue weighted by molar-refractivity contribution is 0.628. The summed E-state index contributed by atoms with van der Waals surface area (Å²) < 4.78 is 15.0. The molecule has 1 N–H and O–H groups in total. The zero-order valence-electron chi connectivity index (χ0n) is 14.7. The lowest BCUT2D eigenvalue weighted by Gasteiger charge is -2.20. The quantitative estimate of drug-likeness (QED) is 0.515. The molecule has 0 aliphatic rings. The van der Waals surface area contributed by atoms with Crippen molar-refractivity contribution in [3.8, 4) is 11.4 Å². The molecule has 3 rings (SSSR count). The molecule has 1 heterocycles. The molecule has 7 heteroatoms. The molecule has 3 aromatic rings. The molecule has 0 radical (unpaired) electrons. The summed E-state index contributed by atoms with van der Waals surface area (Å²) in [6, 6.07) is 14.2. The number of hydrogen-bond donors (Lipinski definition) is 1. The summed E-state index contributed by atoms with van der Waals surface area (Å²) in [5, 5.41) is 11.4. The predicted molar refractivity (Wildman–Crippen MR) is 106 cm³/mol. The largest absolute Gasteiger partial charge is 0.372 e. The number of benzene rings is 2. The first kappa shape index (κ1) is 18.0. The average Bonchev–Trinajstić information content (AvgIpc) is 3.03. The molecule has 0 bridgehead atoms. The van der Waals surface area contributed by atoms with E-state index in [1.54, 1.807) is 18.3 Å². The molecule has 0 amide bonds. The van der Waals surface area contributed by atoms with Crippen molar-refractivity contribution in [3.63, 3.8) is 0 Å². The fourth-order valence-corrected chi connectivity index (χ4v) is 2.85. The van der Waals surface area contributed by atoms with Crippen molar-refractivity contribution in [2.45, 2.75) is 13.8 Å². The normalized spacial score (nSPS) is 11.2. The number of nitrogens with zero attached hydrogens (tertiary/aromatic N) is 4. The molecule has 0 atom stereocenters. The SMILES string of the molecule is CCN(CC)c1ccc(C=Nn2c(-c3ccc(F)cc3)n[nH]c2=S)cc1. The van der Waals surface area contributed by atoms with Gasteiger partial charge in [-0.15, -0.1) is 0 Å². The van der Waals surface area contributed by atoms with E-state index in [1.807, 2.05) is 12.1 Å². The van der Waals surface area contributed by atoms with Gasteiger partial charge in [0.1, 0.15) is 5.82 Å². The van der Waals surface area contributed by atoms with Crippen molar-refractivity contribution in [1.82, 2.24) is 14.9 Å². The molecule has 1 aromatic heterocycles. The summed E-state index contributed by atoms with van der Waals surface area (Å²) in [4.78, 5) is 2.28. The number of halogens is 1. The monoisotopic (exact) mass is 369 g/mol. The zero-order chi connectivity index (χ0) is 18.5. The maximum absolute atomic E-state index is 13.1. The molecular weight excluding hydrogens is 349 g/mol. The summed E-state index contributed by atoms with van der Waals surface area (Å²) in [6.45, 7) is 6.21. The van der Waals surface area contributed by atoms with Gasteiger partial charge in [-0.05, 0) is 68.0 Å². The fraction of sp³-hybridized carbons (Fsp3) is 0.211. The van der Waals surface area contributed by atoms with Crippen LogP contribution in [-0.2, 0) is 0 Å². The minimum Gasteiger partial charge on any atom is -0.372 e. The number of anilines is 1. The molecule has 134 valence electrons. The van der Waals surface area contributed by atoms with Crippen LogP contribution in [0, 0.1) is 10.6 Å². The molecule has 0 fully saturated rings. The second kappa shape index (κ2) is 8.05. The highest BCUT2D eigenvalue weighted by atomic mass is 32.1. The smallest absolute Gasteiger partial charge is 0.216 e. The fourth-order valence-electron chi connectivity index (χ4n) is 2.67. The van der Waals surface area contributed by atoms with Crippen LogP contribution in [-0.4, -0.2) is 34.2 Å². The van der Waals surface area contributed by atoms with E-state index in [-0.39, 0.29) is 5.82 Å². The van der Waals surface area contributed by atoms with Gasteiger partial charge in [-0.2, -0.15) is 14.9 Å². The maximum Gasteiger partial charge on any atom is 0.216 e. The van der Waals surface area contributed by atoms with Gasteiger partial charge >= 0.3 is 0 Å². The van der Waals surface area contributed by atoms with Gasteiger partial charge in [0.25, 0.3) is 0 Å². The van der Waals surface area contributed by atoms with Gasteiger partial charge < -0.3 is 4.90 Å². The van der Waals surface area contributed by atoms with Gasteiger partial charge in [0.15, 0.2) is 5.82 Å². The van der Waals surface area contributed by atoms with E-state index in [2.05, 4.69) is 46.2 Å². The van der Waals surface area contributed by atoms with Crippen LogP contribution in [0.5, 0.6) is 0 Å². The molecule has 0 spiro atoms. The third kappa shape index (κ3) is 3.88. The minimum atomic E-state index is -0.300. The second-order valence-electron chi connectivity index (χ2n) is 5.68. The van der Waals surface area contributed by atoms with Crippen molar-refractivity contribution in [3.05, 3.63) is 64.7 Å². The Morgan fingerprint density at radius 2 is 1.77 bits per heavy atom. The molecule has 2 aromatic carbocycles. The molecular formula is C19H20FN5S. The number of aromatic amines is 1. The summed E-state index contributed by atoms with van der Waals surface area (Å²) in [5.74, 6) is 0.234. The van der Waals surface area contributed by atoms with E-state index in [0.717, 1.165) is 24.2 Å². The highest BCUT2D eigenvalue weighted by molar-refractivity contribution is 7.71. The van der Waals surface area contributed by atoms with Crippen molar-refractivity contribution in [2.75, 3.05) is 18.0 Å². The van der Waals surface area contributed by atoms with Crippen molar-refractivity contribution in [1.29, 1.82) is 0 Å². The van der Waals surface area contributed by atoms with Crippen molar-refractivity contribution in [2.24, 2.45) is 5.10 Å². The van der Waals surface area contributed by atoms with Gasteiger partial charge in [-0.25, -0.2) is 9.49 Å². The molecule has 26 heavy (non-hydrogen) atoms. The van der Waals surface area contributed by atoms with Crippen LogP contribution < -0.4 is 4.90 Å². The van der Waals surface area contributed by atoms with Crippen LogP contribution >= 0.6 is 12.2 Å². The lowest BCUT2D eigenvalue weighted by Crippen LogP contribution is -2.21. The van der Waals surface area contributed by atoms with E-state index in [4.69, 9.17) is 12.2 Å². The van der Waals surface area contributed by atoms with Crippen LogP contribution in [0.3, 0.4) is 0 Å². The Hall–Kier alpha value is -2.80. The third-order valence-corrected chi connectivity index (χ3v) is 4.36. The van der Waals surface area contributed by atoms with Gasteiger partial charge in [0.2, 0.25) is 4.77 Å². The number of nitrogens with one attached hydrogen (secondary N) is 1. The summed E-state index contributed by atoms with van der Waals surface area (Å²) in [5.41, 5.74) is 2.86. The number of rotatable bonds is 6. The Morgan fingerprint density at radius 1 is 1.12 bits per heavy atom. The molecule has 0 aliphatic heterocycles. The highest BCUT2D eigenvalue weighted by Crippen LogP contribution is 2.18. The number of aromatic nitrogens is 3. The third-order valence-electron chi connectivity index (χ3n) is 4.10. The van der Waals surface area contributed by atoms with Crippen LogP contribution in [0.15, 0.2) is 53.6 Å². The minimum absolute atomic E-state index is 0.300. The summed E-state index contributed by atoms with van der Waals surface area (Å²) >= 11 is 5.25. The van der Waals surface area contributed by atoms with E-state index in [1.165, 1.54) is 22.5 Å². The highest BCUT2D eigenvalue weighted by Gasteiger charge is 2.08.